The quantitative estimate of drug-likeness (QED) is 0.565. The van der Waals surface area contributed by atoms with Gasteiger partial charge >= 0.3 is 5.97 Å². The second-order valence-electron chi connectivity index (χ2n) is 5.86. The van der Waals surface area contributed by atoms with Gasteiger partial charge in [-0.1, -0.05) is 48.2 Å². The summed E-state index contributed by atoms with van der Waals surface area (Å²) in [5, 5.41) is 8.99. The number of benzene rings is 2. The van der Waals surface area contributed by atoms with Gasteiger partial charge in [-0.15, -0.1) is 0 Å². The summed E-state index contributed by atoms with van der Waals surface area (Å²) in [7, 11) is 1.46. The van der Waals surface area contributed by atoms with Gasteiger partial charge in [0.15, 0.2) is 21.9 Å². The summed E-state index contributed by atoms with van der Waals surface area (Å²) < 4.78 is 11.1. The largest absolute Gasteiger partial charge is 0.493 e. The van der Waals surface area contributed by atoms with Crippen LogP contribution in [0.5, 0.6) is 11.5 Å². The number of amides is 1. The molecule has 1 aliphatic rings. The first-order valence-corrected chi connectivity index (χ1v) is 9.53. The second-order valence-corrected chi connectivity index (χ2v) is 7.54. The van der Waals surface area contributed by atoms with Crippen LogP contribution in [0.3, 0.4) is 0 Å². The van der Waals surface area contributed by atoms with Crippen molar-refractivity contribution >= 4 is 51.9 Å². The van der Waals surface area contributed by atoms with Crippen LogP contribution in [-0.4, -0.2) is 34.5 Å². The lowest BCUT2D eigenvalue weighted by Gasteiger charge is -2.14. The lowest BCUT2D eigenvalue weighted by Crippen LogP contribution is -2.27. The van der Waals surface area contributed by atoms with E-state index < -0.39 is 12.1 Å². The molecule has 2 aromatic carbocycles. The van der Waals surface area contributed by atoms with Crippen molar-refractivity contribution in [3.8, 4) is 11.5 Å². The summed E-state index contributed by atoms with van der Waals surface area (Å²) in [6, 6.07) is 14.2. The van der Waals surface area contributed by atoms with E-state index in [4.69, 9.17) is 26.8 Å². The van der Waals surface area contributed by atoms with Crippen LogP contribution < -0.4 is 14.4 Å². The van der Waals surface area contributed by atoms with Crippen molar-refractivity contribution in [1.29, 1.82) is 0 Å². The number of carbonyl (C=O) groups excluding carboxylic acids is 1. The number of thioether (sulfide) groups is 1. The molecule has 1 N–H and O–H groups in total. The molecule has 0 aliphatic carbocycles. The first kappa shape index (κ1) is 19.9. The molecule has 1 aliphatic heterocycles. The first-order valence-electron chi connectivity index (χ1n) is 8.31. The lowest BCUT2D eigenvalue weighted by atomic mass is 10.1. The molecule has 3 rings (SSSR count). The number of para-hydroxylation sites is 1. The number of aliphatic carboxylic acids is 1. The summed E-state index contributed by atoms with van der Waals surface area (Å²) in [6.45, 7) is 1.44. The number of hydrogen-bond acceptors (Lipinski definition) is 6. The zero-order chi connectivity index (χ0) is 20.3. The molecular weight excluding hydrogens is 398 g/mol. The van der Waals surface area contributed by atoms with E-state index in [2.05, 4.69) is 0 Å². The molecule has 144 valence electrons. The fourth-order valence-electron chi connectivity index (χ4n) is 2.53. The molecule has 1 amide bonds. The fraction of sp³-hybridized carbons (Fsp3) is 0.150. The van der Waals surface area contributed by atoms with Crippen LogP contribution in [0.25, 0.3) is 6.08 Å². The summed E-state index contributed by atoms with van der Waals surface area (Å²) in [6.07, 6.45) is 0.705. The Morgan fingerprint density at radius 2 is 1.93 bits per heavy atom. The van der Waals surface area contributed by atoms with E-state index >= 15 is 0 Å². The zero-order valence-electron chi connectivity index (χ0n) is 15.1. The van der Waals surface area contributed by atoms with Gasteiger partial charge in [-0.25, -0.2) is 4.79 Å². The SMILES string of the molecule is COc1cc(/C=C2\SC(=S)N(c3ccccc3)C2=O)ccc1O[C@H](C)C(=O)O. The molecule has 1 fully saturated rings. The van der Waals surface area contributed by atoms with Crippen LogP contribution >= 0.6 is 24.0 Å². The number of anilines is 1. The molecule has 2 aromatic rings. The van der Waals surface area contributed by atoms with Crippen molar-refractivity contribution in [2.45, 2.75) is 13.0 Å². The minimum Gasteiger partial charge on any atom is -0.493 e. The van der Waals surface area contributed by atoms with Gasteiger partial charge in [0.1, 0.15) is 0 Å². The Morgan fingerprint density at radius 1 is 1.21 bits per heavy atom. The number of carbonyl (C=O) groups is 2. The average molecular weight is 415 g/mol. The van der Waals surface area contributed by atoms with E-state index in [0.717, 1.165) is 5.69 Å². The molecule has 0 saturated carbocycles. The number of nitrogens with zero attached hydrogens (tertiary/aromatic N) is 1. The molecule has 1 saturated heterocycles. The third-order valence-electron chi connectivity index (χ3n) is 3.95. The number of ether oxygens (including phenoxy) is 2. The highest BCUT2D eigenvalue weighted by atomic mass is 32.2. The molecule has 0 spiro atoms. The highest BCUT2D eigenvalue weighted by Crippen LogP contribution is 2.37. The van der Waals surface area contributed by atoms with Crippen LogP contribution in [0.2, 0.25) is 0 Å². The molecule has 0 bridgehead atoms. The van der Waals surface area contributed by atoms with Crippen LogP contribution in [0.15, 0.2) is 53.4 Å². The van der Waals surface area contributed by atoms with Gasteiger partial charge in [-0.05, 0) is 42.8 Å². The number of hydrogen-bond donors (Lipinski definition) is 1. The standard InChI is InChI=1S/C20H17NO5S2/c1-12(19(23)24)26-15-9-8-13(10-16(15)25-2)11-17-18(22)21(20(27)28-17)14-6-4-3-5-7-14/h3-12H,1-2H3,(H,23,24)/b17-11-/t12-/m1/s1. The summed E-state index contributed by atoms with van der Waals surface area (Å²) >= 11 is 6.58. The normalized spacial score (nSPS) is 16.4. The molecule has 28 heavy (non-hydrogen) atoms. The van der Waals surface area contributed by atoms with Crippen molar-refractivity contribution in [2.24, 2.45) is 0 Å². The van der Waals surface area contributed by atoms with Crippen molar-refractivity contribution in [3.05, 3.63) is 59.0 Å². The predicted octanol–water partition coefficient (Wildman–Crippen LogP) is 3.95. The number of rotatable bonds is 6. The van der Waals surface area contributed by atoms with Crippen molar-refractivity contribution in [1.82, 2.24) is 0 Å². The molecule has 1 heterocycles. The van der Waals surface area contributed by atoms with Gasteiger partial charge in [0.2, 0.25) is 0 Å². The van der Waals surface area contributed by atoms with E-state index in [-0.39, 0.29) is 5.91 Å². The Hall–Kier alpha value is -2.84. The van der Waals surface area contributed by atoms with Gasteiger partial charge < -0.3 is 14.6 Å². The van der Waals surface area contributed by atoms with Crippen LogP contribution in [0.4, 0.5) is 5.69 Å². The van der Waals surface area contributed by atoms with Gasteiger partial charge in [0, 0.05) is 0 Å². The predicted molar refractivity (Wildman–Crippen MR) is 113 cm³/mol. The average Bonchev–Trinajstić information content (AvgIpc) is 2.96. The highest BCUT2D eigenvalue weighted by Gasteiger charge is 2.33. The minimum absolute atomic E-state index is 0.194. The summed E-state index contributed by atoms with van der Waals surface area (Å²) in [5.41, 5.74) is 1.43. The van der Waals surface area contributed by atoms with Gasteiger partial charge in [0.25, 0.3) is 5.91 Å². The van der Waals surface area contributed by atoms with Crippen LogP contribution in [-0.2, 0) is 9.59 Å². The third-order valence-corrected chi connectivity index (χ3v) is 5.25. The lowest BCUT2D eigenvalue weighted by molar-refractivity contribution is -0.144. The second kappa shape index (κ2) is 8.45. The number of carboxylic acid groups (broad SMARTS) is 1. The number of thiocarbonyl (C=S) groups is 1. The van der Waals surface area contributed by atoms with E-state index in [1.807, 2.05) is 30.3 Å². The number of methoxy groups -OCH3 is 1. The molecule has 6 nitrogen and oxygen atoms in total. The highest BCUT2D eigenvalue weighted by molar-refractivity contribution is 8.27. The monoisotopic (exact) mass is 415 g/mol. The third kappa shape index (κ3) is 4.18. The Balaban J connectivity index is 1.86. The number of carboxylic acids is 1. The van der Waals surface area contributed by atoms with Gasteiger partial charge in [-0.3, -0.25) is 9.69 Å². The van der Waals surface area contributed by atoms with E-state index in [1.54, 1.807) is 24.3 Å². The van der Waals surface area contributed by atoms with E-state index in [1.165, 1.54) is 30.7 Å². The van der Waals surface area contributed by atoms with Gasteiger partial charge in [0.05, 0.1) is 17.7 Å². The Bertz CT molecular complexity index is 958. The maximum atomic E-state index is 12.8. The molecule has 8 heteroatoms. The fourth-order valence-corrected chi connectivity index (χ4v) is 3.83. The molecule has 1 atom stereocenters. The smallest absolute Gasteiger partial charge is 0.344 e. The molecule has 0 unspecified atom stereocenters. The van der Waals surface area contributed by atoms with Gasteiger partial charge in [-0.2, -0.15) is 0 Å². The van der Waals surface area contributed by atoms with E-state index in [9.17, 15) is 9.59 Å². The maximum Gasteiger partial charge on any atom is 0.344 e. The van der Waals surface area contributed by atoms with Crippen molar-refractivity contribution in [3.63, 3.8) is 0 Å². The molecule has 0 aromatic heterocycles. The first-order chi connectivity index (χ1) is 13.4. The Labute approximate surface area is 171 Å². The van der Waals surface area contributed by atoms with E-state index in [0.29, 0.717) is 26.3 Å². The summed E-state index contributed by atoms with van der Waals surface area (Å²) in [5.74, 6) is -0.581. The topological polar surface area (TPSA) is 76.1 Å². The molecule has 0 radical (unpaired) electrons. The molecular formula is C20H17NO5S2. The maximum absolute atomic E-state index is 12.8. The van der Waals surface area contributed by atoms with Crippen molar-refractivity contribution < 1.29 is 24.2 Å². The van der Waals surface area contributed by atoms with Crippen LogP contribution in [0, 0.1) is 0 Å². The Kier molecular flexibility index (Phi) is 6.01. The minimum atomic E-state index is -1.07. The Morgan fingerprint density at radius 3 is 2.57 bits per heavy atom. The summed E-state index contributed by atoms with van der Waals surface area (Å²) in [4.78, 5) is 25.8. The zero-order valence-corrected chi connectivity index (χ0v) is 16.8. The van der Waals surface area contributed by atoms with Crippen molar-refractivity contribution in [2.75, 3.05) is 12.0 Å². The van der Waals surface area contributed by atoms with Crippen LogP contribution in [0.1, 0.15) is 12.5 Å².